The number of nitrogens with two attached hydrogens (primary N) is 1. The summed E-state index contributed by atoms with van der Waals surface area (Å²) in [5.74, 6) is 0.590. The number of benzene rings is 1. The highest BCUT2D eigenvalue weighted by Crippen LogP contribution is 2.26. The molecular weight excluding hydrogens is 328 g/mol. The molecule has 0 radical (unpaired) electrons. The Morgan fingerprint density at radius 3 is 2.50 bits per heavy atom. The number of carbonyl (C=O) groups excluding carboxylic acids is 1. The predicted molar refractivity (Wildman–Crippen MR) is 100 cm³/mol. The molecule has 0 bridgehead atoms. The maximum atomic E-state index is 11.2. The molecule has 1 aromatic carbocycles. The lowest BCUT2D eigenvalue weighted by molar-refractivity contribution is -0.117. The number of hydrogen-bond acceptors (Lipinski definition) is 4. The van der Waals surface area contributed by atoms with Gasteiger partial charge in [-0.3, -0.25) is 9.89 Å². The highest BCUT2D eigenvalue weighted by Gasteiger charge is 2.24. The third-order valence-corrected chi connectivity index (χ3v) is 4.10. The molecule has 1 amide bonds. The summed E-state index contributed by atoms with van der Waals surface area (Å²) >= 11 is 0. The summed E-state index contributed by atoms with van der Waals surface area (Å²) in [6.45, 7) is 8.21. The van der Waals surface area contributed by atoms with Gasteiger partial charge in [-0.25, -0.2) is 9.67 Å². The number of carbonyl (C=O) groups is 1. The van der Waals surface area contributed by atoms with Crippen LogP contribution in [-0.4, -0.2) is 30.9 Å². The van der Waals surface area contributed by atoms with Crippen molar-refractivity contribution in [2.24, 2.45) is 5.73 Å². The van der Waals surface area contributed by atoms with Crippen LogP contribution in [0.1, 0.15) is 39.1 Å². The molecule has 0 aliphatic heterocycles. The molecule has 0 fully saturated rings. The summed E-state index contributed by atoms with van der Waals surface area (Å²) < 4.78 is 1.79. The van der Waals surface area contributed by atoms with Crippen LogP contribution < -0.4 is 5.73 Å². The van der Waals surface area contributed by atoms with Crippen molar-refractivity contribution in [3.63, 3.8) is 0 Å². The van der Waals surface area contributed by atoms with Gasteiger partial charge in [-0.05, 0) is 38.8 Å². The zero-order chi connectivity index (χ0) is 18.9. The molecule has 26 heavy (non-hydrogen) atoms. The molecule has 3 aromatic rings. The van der Waals surface area contributed by atoms with Gasteiger partial charge in [0, 0.05) is 5.56 Å². The molecule has 3 rings (SSSR count). The Morgan fingerprint density at radius 1 is 1.23 bits per heavy atom. The first-order chi connectivity index (χ1) is 12.3. The van der Waals surface area contributed by atoms with Crippen molar-refractivity contribution in [1.29, 1.82) is 0 Å². The van der Waals surface area contributed by atoms with Crippen LogP contribution in [-0.2, 0) is 23.2 Å². The molecule has 0 saturated heterocycles. The maximum Gasteiger partial charge on any atom is 0.225 e. The highest BCUT2D eigenvalue weighted by atomic mass is 16.1. The number of aryl methyl sites for hydroxylation is 1. The van der Waals surface area contributed by atoms with Gasteiger partial charge in [-0.2, -0.15) is 10.2 Å². The van der Waals surface area contributed by atoms with Crippen molar-refractivity contribution >= 4 is 5.91 Å². The third kappa shape index (κ3) is 3.66. The Balaban J connectivity index is 1.99. The summed E-state index contributed by atoms with van der Waals surface area (Å²) in [7, 11) is 0. The molecule has 7 heteroatoms. The maximum absolute atomic E-state index is 11.2. The Labute approximate surface area is 152 Å². The predicted octanol–water partition coefficient (Wildman–Crippen LogP) is 2.68. The number of hydrogen-bond donors (Lipinski definition) is 2. The minimum absolute atomic E-state index is 0.00948. The van der Waals surface area contributed by atoms with Crippen molar-refractivity contribution in [3.05, 3.63) is 41.7 Å². The number of H-pyrrole nitrogens is 1. The van der Waals surface area contributed by atoms with Gasteiger partial charge in [0.05, 0.1) is 17.7 Å². The van der Waals surface area contributed by atoms with Gasteiger partial charge in [0.2, 0.25) is 5.91 Å². The van der Waals surface area contributed by atoms with Crippen LogP contribution in [0.25, 0.3) is 22.8 Å². The van der Waals surface area contributed by atoms with E-state index in [9.17, 15) is 4.79 Å². The third-order valence-electron chi connectivity index (χ3n) is 4.10. The molecular formula is C19H24N6O. The van der Waals surface area contributed by atoms with Crippen LogP contribution in [0, 0.1) is 0 Å². The second-order valence-corrected chi connectivity index (χ2v) is 7.29. The number of nitrogens with one attached hydrogen (secondary N) is 1. The molecule has 3 N–H and O–H groups in total. The van der Waals surface area contributed by atoms with Gasteiger partial charge in [-0.1, -0.05) is 31.2 Å². The topological polar surface area (TPSA) is 102 Å². The number of nitrogens with zero attached hydrogens (tertiary/aromatic N) is 4. The fourth-order valence-electron chi connectivity index (χ4n) is 2.72. The highest BCUT2D eigenvalue weighted by molar-refractivity contribution is 5.75. The van der Waals surface area contributed by atoms with Crippen molar-refractivity contribution in [1.82, 2.24) is 25.0 Å². The van der Waals surface area contributed by atoms with E-state index in [-0.39, 0.29) is 12.0 Å². The molecule has 2 heterocycles. The van der Waals surface area contributed by atoms with E-state index >= 15 is 0 Å². The summed E-state index contributed by atoms with van der Waals surface area (Å²) in [6.07, 6.45) is 1.01. The Bertz CT molecular complexity index is 914. The van der Waals surface area contributed by atoms with Crippen LogP contribution in [0.5, 0.6) is 0 Å². The lowest BCUT2D eigenvalue weighted by Gasteiger charge is -2.20. The van der Waals surface area contributed by atoms with Gasteiger partial charge in [0.25, 0.3) is 0 Å². The molecule has 0 spiro atoms. The van der Waals surface area contributed by atoms with Gasteiger partial charge < -0.3 is 5.73 Å². The number of rotatable bonds is 5. The molecule has 7 nitrogen and oxygen atoms in total. The molecule has 2 aromatic heterocycles. The van der Waals surface area contributed by atoms with Crippen LogP contribution in [0.2, 0.25) is 0 Å². The second-order valence-electron chi connectivity index (χ2n) is 7.29. The van der Waals surface area contributed by atoms with E-state index in [4.69, 9.17) is 5.73 Å². The zero-order valence-corrected chi connectivity index (χ0v) is 15.6. The average molecular weight is 352 g/mol. The summed E-state index contributed by atoms with van der Waals surface area (Å²) in [5.41, 5.74) is 8.89. The standard InChI is InChI=1S/C19H24N6O/c1-5-12-6-8-13(9-7-12)14-10-15(23-22-14)18-21-17(11-16(20)26)24-25(18)19(2,3)4/h6-10H,5,11H2,1-4H3,(H2,20,26)(H,22,23). The minimum atomic E-state index is -0.455. The van der Waals surface area contributed by atoms with E-state index in [1.165, 1.54) is 5.56 Å². The second kappa shape index (κ2) is 6.74. The van der Waals surface area contributed by atoms with Crippen molar-refractivity contribution in [2.45, 2.75) is 46.1 Å². The van der Waals surface area contributed by atoms with Crippen molar-refractivity contribution < 1.29 is 4.79 Å². The van der Waals surface area contributed by atoms with Gasteiger partial charge >= 0.3 is 0 Å². The monoisotopic (exact) mass is 352 g/mol. The first-order valence-corrected chi connectivity index (χ1v) is 8.67. The van der Waals surface area contributed by atoms with Crippen LogP contribution >= 0.6 is 0 Å². The number of amides is 1. The first kappa shape index (κ1) is 17.8. The lowest BCUT2D eigenvalue weighted by Crippen LogP contribution is -2.24. The molecule has 0 aliphatic rings. The van der Waals surface area contributed by atoms with Crippen LogP contribution in [0.4, 0.5) is 0 Å². The Hall–Kier alpha value is -2.96. The lowest BCUT2D eigenvalue weighted by atomic mass is 10.1. The number of primary amides is 1. The number of aromatic nitrogens is 5. The largest absolute Gasteiger partial charge is 0.369 e. The Morgan fingerprint density at radius 2 is 1.92 bits per heavy atom. The molecule has 0 saturated carbocycles. The van der Waals surface area contributed by atoms with Crippen LogP contribution in [0.15, 0.2) is 30.3 Å². The molecule has 136 valence electrons. The van der Waals surface area contributed by atoms with E-state index in [1.54, 1.807) is 4.68 Å². The van der Waals surface area contributed by atoms with E-state index in [2.05, 4.69) is 51.5 Å². The van der Waals surface area contributed by atoms with Gasteiger partial charge in [0.15, 0.2) is 11.6 Å². The smallest absolute Gasteiger partial charge is 0.225 e. The zero-order valence-electron chi connectivity index (χ0n) is 15.6. The molecule has 0 unspecified atom stereocenters. The van der Waals surface area contributed by atoms with E-state index < -0.39 is 5.91 Å². The molecule has 0 aliphatic carbocycles. The Kier molecular flexibility index (Phi) is 4.63. The molecule has 0 atom stereocenters. The fraction of sp³-hybridized carbons (Fsp3) is 0.368. The first-order valence-electron chi connectivity index (χ1n) is 8.67. The van der Waals surface area contributed by atoms with Gasteiger partial charge in [0.1, 0.15) is 5.69 Å². The number of aromatic amines is 1. The normalized spacial score (nSPS) is 11.7. The summed E-state index contributed by atoms with van der Waals surface area (Å²) in [6, 6.07) is 10.3. The fourth-order valence-corrected chi connectivity index (χ4v) is 2.72. The van der Waals surface area contributed by atoms with E-state index in [0.29, 0.717) is 11.6 Å². The average Bonchev–Trinajstić information content (AvgIpc) is 3.20. The van der Waals surface area contributed by atoms with Crippen molar-refractivity contribution in [3.8, 4) is 22.8 Å². The summed E-state index contributed by atoms with van der Waals surface area (Å²) in [4.78, 5) is 15.7. The SMILES string of the molecule is CCc1ccc(-c2cc(-c3nc(CC(N)=O)nn3C(C)(C)C)[nH]n2)cc1. The van der Waals surface area contributed by atoms with Gasteiger partial charge in [-0.15, -0.1) is 0 Å². The summed E-state index contributed by atoms with van der Waals surface area (Å²) in [5, 5.41) is 11.9. The quantitative estimate of drug-likeness (QED) is 0.737. The van der Waals surface area contributed by atoms with E-state index in [0.717, 1.165) is 23.4 Å². The van der Waals surface area contributed by atoms with Crippen LogP contribution in [0.3, 0.4) is 0 Å². The minimum Gasteiger partial charge on any atom is -0.369 e. The van der Waals surface area contributed by atoms with Crippen molar-refractivity contribution in [2.75, 3.05) is 0 Å². The van der Waals surface area contributed by atoms with E-state index in [1.807, 2.05) is 26.8 Å².